The summed E-state index contributed by atoms with van der Waals surface area (Å²) in [4.78, 5) is 4.25. The molecule has 2 aromatic rings. The normalized spacial score (nSPS) is 10.0. The number of nitrogens with zero attached hydrogens (tertiary/aromatic N) is 1. The van der Waals surface area contributed by atoms with E-state index >= 15 is 0 Å². The number of nitrogens with one attached hydrogen (secondary N) is 1. The average molecular weight is 257 g/mol. The number of benzene rings is 1. The van der Waals surface area contributed by atoms with Crippen LogP contribution in [0.15, 0.2) is 36.4 Å². The van der Waals surface area contributed by atoms with Gasteiger partial charge < -0.3 is 15.2 Å². The molecule has 0 unspecified atom stereocenters. The maximum absolute atomic E-state index is 7.44. The van der Waals surface area contributed by atoms with E-state index < -0.39 is 0 Å². The third-order valence-electron chi connectivity index (χ3n) is 2.52. The summed E-state index contributed by atoms with van der Waals surface area (Å²) in [5.41, 5.74) is 6.81. The number of amidine groups is 1. The van der Waals surface area contributed by atoms with Gasteiger partial charge in [-0.3, -0.25) is 5.41 Å². The molecule has 1 heterocycles. The van der Waals surface area contributed by atoms with E-state index in [-0.39, 0.29) is 5.84 Å². The number of methoxy groups -OCH3 is 1. The van der Waals surface area contributed by atoms with E-state index in [9.17, 15) is 0 Å². The highest BCUT2D eigenvalue weighted by Gasteiger charge is 2.05. The first kappa shape index (κ1) is 12.9. The van der Waals surface area contributed by atoms with Crippen LogP contribution in [-0.4, -0.2) is 17.9 Å². The zero-order valence-electron chi connectivity index (χ0n) is 10.8. The number of ether oxygens (including phenoxy) is 2. The molecule has 0 saturated heterocycles. The van der Waals surface area contributed by atoms with Crippen molar-refractivity contribution in [1.29, 1.82) is 5.41 Å². The van der Waals surface area contributed by atoms with Gasteiger partial charge >= 0.3 is 0 Å². The van der Waals surface area contributed by atoms with Crippen LogP contribution in [0.25, 0.3) is 0 Å². The fourth-order valence-corrected chi connectivity index (χ4v) is 1.61. The molecule has 0 bridgehead atoms. The molecule has 0 fully saturated rings. The average Bonchev–Trinajstić information content (AvgIpc) is 2.39. The van der Waals surface area contributed by atoms with Crippen LogP contribution in [-0.2, 0) is 0 Å². The Balaban J connectivity index is 2.24. The Morgan fingerprint density at radius 3 is 2.37 bits per heavy atom. The van der Waals surface area contributed by atoms with Gasteiger partial charge in [0.15, 0.2) is 0 Å². The Morgan fingerprint density at radius 1 is 1.16 bits per heavy atom. The van der Waals surface area contributed by atoms with E-state index in [4.69, 9.17) is 20.6 Å². The van der Waals surface area contributed by atoms with Gasteiger partial charge in [-0.15, -0.1) is 0 Å². The molecule has 1 aromatic heterocycles. The van der Waals surface area contributed by atoms with Gasteiger partial charge in [0.1, 0.15) is 17.3 Å². The van der Waals surface area contributed by atoms with Gasteiger partial charge in [0.25, 0.3) is 0 Å². The summed E-state index contributed by atoms with van der Waals surface area (Å²) in [6.45, 7) is 1.83. The highest BCUT2D eigenvalue weighted by Crippen LogP contribution is 2.23. The minimum absolute atomic E-state index is 0.00918. The van der Waals surface area contributed by atoms with E-state index in [0.717, 1.165) is 11.4 Å². The van der Waals surface area contributed by atoms with Crippen molar-refractivity contribution in [3.63, 3.8) is 0 Å². The van der Waals surface area contributed by atoms with Crippen molar-refractivity contribution in [3.8, 4) is 17.4 Å². The van der Waals surface area contributed by atoms with Crippen LogP contribution in [0.3, 0.4) is 0 Å². The first-order valence-corrected chi connectivity index (χ1v) is 5.73. The SMILES string of the molecule is COc1ccc(Oc2cc(C(=N)N)cc(C)n2)cc1. The lowest BCUT2D eigenvalue weighted by Crippen LogP contribution is -2.11. The minimum Gasteiger partial charge on any atom is -0.497 e. The highest BCUT2D eigenvalue weighted by molar-refractivity contribution is 5.95. The monoisotopic (exact) mass is 257 g/mol. The van der Waals surface area contributed by atoms with Crippen LogP contribution < -0.4 is 15.2 Å². The van der Waals surface area contributed by atoms with Crippen molar-refractivity contribution in [3.05, 3.63) is 47.7 Å². The van der Waals surface area contributed by atoms with Crippen molar-refractivity contribution in [1.82, 2.24) is 4.98 Å². The summed E-state index contributed by atoms with van der Waals surface area (Å²) in [5, 5.41) is 7.44. The van der Waals surface area contributed by atoms with E-state index in [1.807, 2.05) is 6.92 Å². The second kappa shape index (κ2) is 5.39. The number of pyridine rings is 1. The predicted molar refractivity (Wildman–Crippen MR) is 73.1 cm³/mol. The predicted octanol–water partition coefficient (Wildman–Crippen LogP) is 2.47. The van der Waals surface area contributed by atoms with Gasteiger partial charge in [-0.2, -0.15) is 0 Å². The summed E-state index contributed by atoms with van der Waals surface area (Å²) < 4.78 is 10.7. The summed E-state index contributed by atoms with van der Waals surface area (Å²) in [6.07, 6.45) is 0. The molecule has 0 aliphatic rings. The highest BCUT2D eigenvalue weighted by atomic mass is 16.5. The van der Waals surface area contributed by atoms with Gasteiger partial charge in [0.05, 0.1) is 7.11 Å². The maximum atomic E-state index is 7.44. The molecule has 1 aromatic carbocycles. The number of hydrogen-bond acceptors (Lipinski definition) is 4. The number of rotatable bonds is 4. The smallest absolute Gasteiger partial charge is 0.220 e. The number of aromatic nitrogens is 1. The van der Waals surface area contributed by atoms with Crippen LogP contribution in [0.4, 0.5) is 0 Å². The van der Waals surface area contributed by atoms with E-state index in [1.165, 1.54) is 0 Å². The molecule has 5 nitrogen and oxygen atoms in total. The van der Waals surface area contributed by atoms with Crippen molar-refractivity contribution >= 4 is 5.84 Å². The zero-order valence-corrected chi connectivity index (χ0v) is 10.8. The summed E-state index contributed by atoms with van der Waals surface area (Å²) >= 11 is 0. The quantitative estimate of drug-likeness (QED) is 0.651. The van der Waals surface area contributed by atoms with Crippen LogP contribution in [0.1, 0.15) is 11.3 Å². The Labute approximate surface area is 111 Å². The molecule has 3 N–H and O–H groups in total. The van der Waals surface area contributed by atoms with Crippen molar-refractivity contribution in [2.24, 2.45) is 5.73 Å². The lowest BCUT2D eigenvalue weighted by atomic mass is 10.2. The van der Waals surface area contributed by atoms with Crippen molar-refractivity contribution in [2.75, 3.05) is 7.11 Å². The molecule has 2 rings (SSSR count). The Morgan fingerprint density at radius 2 is 1.79 bits per heavy atom. The minimum atomic E-state index is -0.00918. The van der Waals surface area contributed by atoms with Crippen LogP contribution >= 0.6 is 0 Å². The van der Waals surface area contributed by atoms with Crippen LogP contribution in [0, 0.1) is 12.3 Å². The number of aryl methyl sites for hydroxylation is 1. The molecule has 98 valence electrons. The number of hydrogen-bond donors (Lipinski definition) is 2. The molecule has 5 heteroatoms. The van der Waals surface area contributed by atoms with Crippen LogP contribution in [0.2, 0.25) is 0 Å². The molecular formula is C14H15N3O2. The Kier molecular flexibility index (Phi) is 3.66. The molecule has 0 spiro atoms. The molecular weight excluding hydrogens is 242 g/mol. The lowest BCUT2D eigenvalue weighted by molar-refractivity contribution is 0.412. The third kappa shape index (κ3) is 3.22. The van der Waals surface area contributed by atoms with Crippen molar-refractivity contribution in [2.45, 2.75) is 6.92 Å². The lowest BCUT2D eigenvalue weighted by Gasteiger charge is -2.08. The van der Waals surface area contributed by atoms with Gasteiger partial charge in [0.2, 0.25) is 5.88 Å². The fraction of sp³-hybridized carbons (Fsp3) is 0.143. The Bertz CT molecular complexity index is 594. The van der Waals surface area contributed by atoms with Gasteiger partial charge in [-0.1, -0.05) is 0 Å². The third-order valence-corrected chi connectivity index (χ3v) is 2.52. The number of nitrogens with two attached hydrogens (primary N) is 1. The van der Waals surface area contributed by atoms with Crippen molar-refractivity contribution < 1.29 is 9.47 Å². The van der Waals surface area contributed by atoms with Gasteiger partial charge in [-0.25, -0.2) is 4.98 Å². The van der Waals surface area contributed by atoms with E-state index in [0.29, 0.717) is 17.2 Å². The zero-order chi connectivity index (χ0) is 13.8. The molecule has 0 amide bonds. The standard InChI is InChI=1S/C14H15N3O2/c1-9-7-10(14(15)16)8-13(17-9)19-12-5-3-11(18-2)4-6-12/h3-8H,1-2H3,(H3,15,16). The first-order chi connectivity index (χ1) is 9.08. The maximum Gasteiger partial charge on any atom is 0.220 e. The molecule has 0 aliphatic heterocycles. The summed E-state index contributed by atoms with van der Waals surface area (Å²) in [6, 6.07) is 10.6. The van der Waals surface area contributed by atoms with Gasteiger partial charge in [0, 0.05) is 17.3 Å². The molecule has 0 atom stereocenters. The molecule has 0 aliphatic carbocycles. The Hall–Kier alpha value is -2.56. The topological polar surface area (TPSA) is 81.2 Å². The molecule has 0 saturated carbocycles. The fourth-order valence-electron chi connectivity index (χ4n) is 1.61. The molecule has 19 heavy (non-hydrogen) atoms. The number of nitrogen functional groups attached to an aromatic ring is 1. The summed E-state index contributed by atoms with van der Waals surface area (Å²) in [5.74, 6) is 1.81. The van der Waals surface area contributed by atoms with E-state index in [2.05, 4.69) is 4.98 Å². The summed E-state index contributed by atoms with van der Waals surface area (Å²) in [7, 11) is 1.61. The second-order valence-corrected chi connectivity index (χ2v) is 4.03. The first-order valence-electron chi connectivity index (χ1n) is 5.73. The van der Waals surface area contributed by atoms with Crippen LogP contribution in [0.5, 0.6) is 17.4 Å². The van der Waals surface area contributed by atoms with E-state index in [1.54, 1.807) is 43.5 Å². The van der Waals surface area contributed by atoms with Gasteiger partial charge in [-0.05, 0) is 37.3 Å². The molecule has 0 radical (unpaired) electrons. The second-order valence-electron chi connectivity index (χ2n) is 4.03. The largest absolute Gasteiger partial charge is 0.497 e.